The average Bonchev–Trinajstić information content (AvgIpc) is 2.44. The third kappa shape index (κ3) is 3.77. The van der Waals surface area contributed by atoms with Crippen LogP contribution >= 0.6 is 15.9 Å². The summed E-state index contributed by atoms with van der Waals surface area (Å²) in [6.07, 6.45) is 1.99. The molecule has 2 rings (SSSR count). The second-order valence-corrected chi connectivity index (χ2v) is 5.27. The Morgan fingerprint density at radius 3 is 2.68 bits per heavy atom. The molecular formula is C15H18BrN3. The number of aromatic nitrogens is 2. The number of anilines is 1. The third-order valence-corrected chi connectivity index (χ3v) is 3.27. The number of hydrogen-bond donors (Lipinski definition) is 1. The van der Waals surface area contributed by atoms with Crippen molar-refractivity contribution >= 4 is 21.7 Å². The molecule has 0 unspecified atom stereocenters. The van der Waals surface area contributed by atoms with Crippen molar-refractivity contribution in [3.63, 3.8) is 0 Å². The van der Waals surface area contributed by atoms with E-state index in [0.717, 1.165) is 46.8 Å². The van der Waals surface area contributed by atoms with Crippen LogP contribution in [0.1, 0.15) is 26.0 Å². The van der Waals surface area contributed by atoms with Crippen LogP contribution in [0.15, 0.2) is 34.8 Å². The topological polar surface area (TPSA) is 37.8 Å². The van der Waals surface area contributed by atoms with Gasteiger partial charge in [-0.2, -0.15) is 0 Å². The lowest BCUT2D eigenvalue weighted by atomic mass is 10.2. The van der Waals surface area contributed by atoms with Crippen molar-refractivity contribution in [3.05, 3.63) is 40.5 Å². The normalized spacial score (nSPS) is 10.5. The van der Waals surface area contributed by atoms with E-state index in [1.54, 1.807) is 0 Å². The highest BCUT2D eigenvalue weighted by Crippen LogP contribution is 2.21. The van der Waals surface area contributed by atoms with Gasteiger partial charge in [0.1, 0.15) is 5.82 Å². The minimum atomic E-state index is 0.777. The van der Waals surface area contributed by atoms with Crippen LogP contribution < -0.4 is 5.32 Å². The van der Waals surface area contributed by atoms with Gasteiger partial charge in [-0.25, -0.2) is 9.97 Å². The molecule has 0 radical (unpaired) electrons. The maximum absolute atomic E-state index is 4.60. The van der Waals surface area contributed by atoms with Gasteiger partial charge in [-0.05, 0) is 25.0 Å². The summed E-state index contributed by atoms with van der Waals surface area (Å²) in [7, 11) is 0. The quantitative estimate of drug-likeness (QED) is 0.893. The highest BCUT2D eigenvalue weighted by atomic mass is 79.9. The van der Waals surface area contributed by atoms with E-state index in [1.807, 2.05) is 30.3 Å². The van der Waals surface area contributed by atoms with Gasteiger partial charge in [-0.15, -0.1) is 0 Å². The van der Waals surface area contributed by atoms with Gasteiger partial charge in [0.2, 0.25) is 0 Å². The van der Waals surface area contributed by atoms with Crippen molar-refractivity contribution in [1.82, 2.24) is 9.97 Å². The van der Waals surface area contributed by atoms with Crippen molar-refractivity contribution in [2.45, 2.75) is 26.7 Å². The first kappa shape index (κ1) is 14.0. The van der Waals surface area contributed by atoms with Crippen LogP contribution in [0.4, 0.5) is 5.82 Å². The monoisotopic (exact) mass is 319 g/mol. The molecule has 19 heavy (non-hydrogen) atoms. The number of nitrogens with one attached hydrogen (secondary N) is 1. The number of nitrogens with zero attached hydrogens (tertiary/aromatic N) is 2. The fourth-order valence-electron chi connectivity index (χ4n) is 1.78. The summed E-state index contributed by atoms with van der Waals surface area (Å²) in [5, 5.41) is 3.33. The van der Waals surface area contributed by atoms with Gasteiger partial charge in [0.05, 0.1) is 0 Å². The van der Waals surface area contributed by atoms with Crippen LogP contribution in [0.25, 0.3) is 11.4 Å². The molecule has 3 nitrogen and oxygen atoms in total. The fraction of sp³-hybridized carbons (Fsp3) is 0.333. The first-order chi connectivity index (χ1) is 9.22. The molecule has 0 aliphatic heterocycles. The molecule has 1 heterocycles. The predicted octanol–water partition coefficient (Wildman–Crippen LogP) is 4.29. The van der Waals surface area contributed by atoms with E-state index >= 15 is 0 Å². The summed E-state index contributed by atoms with van der Waals surface area (Å²) in [5.74, 6) is 1.68. The minimum Gasteiger partial charge on any atom is -0.370 e. The second kappa shape index (κ2) is 6.66. The molecule has 0 saturated heterocycles. The average molecular weight is 320 g/mol. The maximum atomic E-state index is 4.60. The highest BCUT2D eigenvalue weighted by molar-refractivity contribution is 9.10. The van der Waals surface area contributed by atoms with Gasteiger partial charge in [0, 0.05) is 28.3 Å². The van der Waals surface area contributed by atoms with Crippen molar-refractivity contribution in [2.24, 2.45) is 0 Å². The maximum Gasteiger partial charge on any atom is 0.161 e. The lowest BCUT2D eigenvalue weighted by molar-refractivity contribution is 0.951. The minimum absolute atomic E-state index is 0.777. The van der Waals surface area contributed by atoms with E-state index in [4.69, 9.17) is 0 Å². The van der Waals surface area contributed by atoms with E-state index in [2.05, 4.69) is 45.1 Å². The molecule has 1 aromatic heterocycles. The van der Waals surface area contributed by atoms with Gasteiger partial charge < -0.3 is 5.32 Å². The van der Waals surface area contributed by atoms with Gasteiger partial charge in [0.25, 0.3) is 0 Å². The molecule has 100 valence electrons. The molecular weight excluding hydrogens is 302 g/mol. The molecule has 0 aliphatic carbocycles. The smallest absolute Gasteiger partial charge is 0.161 e. The molecule has 0 fully saturated rings. The van der Waals surface area contributed by atoms with Crippen molar-refractivity contribution in [3.8, 4) is 11.4 Å². The summed E-state index contributed by atoms with van der Waals surface area (Å²) < 4.78 is 1.04. The lowest BCUT2D eigenvalue weighted by Gasteiger charge is -2.09. The fourth-order valence-corrected chi connectivity index (χ4v) is 2.18. The first-order valence-corrected chi connectivity index (χ1v) is 7.40. The Morgan fingerprint density at radius 1 is 1.16 bits per heavy atom. The van der Waals surface area contributed by atoms with E-state index < -0.39 is 0 Å². The zero-order valence-electron chi connectivity index (χ0n) is 11.3. The summed E-state index contributed by atoms with van der Waals surface area (Å²) in [5.41, 5.74) is 2.09. The first-order valence-electron chi connectivity index (χ1n) is 6.60. The summed E-state index contributed by atoms with van der Waals surface area (Å²) >= 11 is 3.48. The van der Waals surface area contributed by atoms with E-state index in [0.29, 0.717) is 0 Å². The molecule has 0 saturated carbocycles. The SMILES string of the molecule is CCCNc1cc(CC)nc(-c2cccc(Br)c2)n1. The Kier molecular flexibility index (Phi) is 4.91. The second-order valence-electron chi connectivity index (χ2n) is 4.36. The van der Waals surface area contributed by atoms with Crippen molar-refractivity contribution in [1.29, 1.82) is 0 Å². The van der Waals surface area contributed by atoms with Crippen LogP contribution in [-0.4, -0.2) is 16.5 Å². The number of hydrogen-bond acceptors (Lipinski definition) is 3. The lowest BCUT2D eigenvalue weighted by Crippen LogP contribution is -2.05. The number of aryl methyl sites for hydroxylation is 1. The van der Waals surface area contributed by atoms with Crippen molar-refractivity contribution in [2.75, 3.05) is 11.9 Å². The van der Waals surface area contributed by atoms with Gasteiger partial charge >= 0.3 is 0 Å². The van der Waals surface area contributed by atoms with Gasteiger partial charge in [0.15, 0.2) is 5.82 Å². The van der Waals surface area contributed by atoms with Crippen LogP contribution in [0.3, 0.4) is 0 Å². The van der Waals surface area contributed by atoms with Crippen LogP contribution in [-0.2, 0) is 6.42 Å². The molecule has 2 aromatic rings. The number of benzene rings is 1. The largest absolute Gasteiger partial charge is 0.370 e. The Labute approximate surface area is 122 Å². The third-order valence-electron chi connectivity index (χ3n) is 2.78. The van der Waals surface area contributed by atoms with Gasteiger partial charge in [-0.1, -0.05) is 41.9 Å². The molecule has 0 atom stereocenters. The molecule has 0 spiro atoms. The summed E-state index contributed by atoms with van der Waals surface area (Å²) in [6, 6.07) is 10.1. The summed E-state index contributed by atoms with van der Waals surface area (Å²) in [6.45, 7) is 5.18. The number of rotatable bonds is 5. The van der Waals surface area contributed by atoms with Gasteiger partial charge in [-0.3, -0.25) is 0 Å². The van der Waals surface area contributed by atoms with Crippen LogP contribution in [0, 0.1) is 0 Å². The molecule has 1 aromatic carbocycles. The summed E-state index contributed by atoms with van der Waals surface area (Å²) in [4.78, 5) is 9.19. The Bertz CT molecular complexity index is 555. The number of halogens is 1. The Morgan fingerprint density at radius 2 is 2.00 bits per heavy atom. The zero-order valence-corrected chi connectivity index (χ0v) is 12.9. The van der Waals surface area contributed by atoms with E-state index in [-0.39, 0.29) is 0 Å². The molecule has 1 N–H and O–H groups in total. The molecule has 0 bridgehead atoms. The standard InChI is InChI=1S/C15H18BrN3/c1-3-8-17-14-10-13(4-2)18-15(19-14)11-6-5-7-12(16)9-11/h5-7,9-10H,3-4,8H2,1-2H3,(H,17,18,19). The Balaban J connectivity index is 2.38. The van der Waals surface area contributed by atoms with E-state index in [9.17, 15) is 0 Å². The zero-order chi connectivity index (χ0) is 13.7. The van der Waals surface area contributed by atoms with Crippen LogP contribution in [0.5, 0.6) is 0 Å². The highest BCUT2D eigenvalue weighted by Gasteiger charge is 2.06. The molecule has 0 aliphatic rings. The Hall–Kier alpha value is -1.42. The van der Waals surface area contributed by atoms with Crippen LogP contribution in [0.2, 0.25) is 0 Å². The molecule has 0 amide bonds. The predicted molar refractivity (Wildman–Crippen MR) is 83.3 cm³/mol. The van der Waals surface area contributed by atoms with Crippen molar-refractivity contribution < 1.29 is 0 Å². The van der Waals surface area contributed by atoms with E-state index in [1.165, 1.54) is 0 Å². The molecule has 4 heteroatoms.